The lowest BCUT2D eigenvalue weighted by molar-refractivity contribution is 0.120. The van der Waals surface area contributed by atoms with E-state index in [2.05, 4.69) is 20.7 Å². The second kappa shape index (κ2) is 7.31. The highest BCUT2D eigenvalue weighted by molar-refractivity contribution is 9.10. The van der Waals surface area contributed by atoms with Gasteiger partial charge in [0.05, 0.1) is 11.6 Å². The van der Waals surface area contributed by atoms with E-state index in [4.69, 9.17) is 9.47 Å². The van der Waals surface area contributed by atoms with Crippen LogP contribution in [0.15, 0.2) is 40.9 Å². The lowest BCUT2D eigenvalue weighted by atomic mass is 10.1. The molecular formula is C17H17BrO4. The van der Waals surface area contributed by atoms with Crippen molar-refractivity contribution in [2.45, 2.75) is 20.5 Å². The maximum absolute atomic E-state index is 11.3. The Kier molecular flexibility index (Phi) is 5.44. The van der Waals surface area contributed by atoms with E-state index in [9.17, 15) is 4.79 Å². The second-order valence-corrected chi connectivity index (χ2v) is 5.67. The number of aryl methyl sites for hydroxylation is 2. The normalized spacial score (nSPS) is 10.2. The van der Waals surface area contributed by atoms with E-state index >= 15 is 0 Å². The van der Waals surface area contributed by atoms with Crippen LogP contribution in [-0.2, 0) is 11.3 Å². The molecule has 0 saturated heterocycles. The van der Waals surface area contributed by atoms with Crippen molar-refractivity contribution in [3.63, 3.8) is 0 Å². The number of para-hydroxylation sites is 1. The van der Waals surface area contributed by atoms with Crippen LogP contribution in [0.1, 0.15) is 16.7 Å². The lowest BCUT2D eigenvalue weighted by Crippen LogP contribution is -2.09. The van der Waals surface area contributed by atoms with Gasteiger partial charge in [0.25, 0.3) is 0 Å². The number of hydrogen-bond acceptors (Lipinski definition) is 4. The molecule has 0 aliphatic heterocycles. The van der Waals surface area contributed by atoms with Crippen LogP contribution in [0, 0.1) is 13.8 Å². The van der Waals surface area contributed by atoms with Gasteiger partial charge in [-0.05, 0) is 59.1 Å². The fourth-order valence-electron chi connectivity index (χ4n) is 1.87. The van der Waals surface area contributed by atoms with Crippen molar-refractivity contribution in [2.24, 2.45) is 0 Å². The van der Waals surface area contributed by atoms with E-state index in [1.54, 1.807) is 12.1 Å². The highest BCUT2D eigenvalue weighted by atomic mass is 79.9. The lowest BCUT2D eigenvalue weighted by Gasteiger charge is -2.13. The van der Waals surface area contributed by atoms with Gasteiger partial charge in [-0.1, -0.05) is 18.2 Å². The average molecular weight is 365 g/mol. The highest BCUT2D eigenvalue weighted by Crippen LogP contribution is 2.30. The van der Waals surface area contributed by atoms with Gasteiger partial charge in [0.2, 0.25) is 0 Å². The Morgan fingerprint density at radius 3 is 2.50 bits per heavy atom. The monoisotopic (exact) mass is 364 g/mol. The van der Waals surface area contributed by atoms with Crippen LogP contribution in [0.5, 0.6) is 11.5 Å². The molecule has 0 aromatic heterocycles. The van der Waals surface area contributed by atoms with Gasteiger partial charge in [-0.25, -0.2) is 4.79 Å². The predicted octanol–water partition coefficient (Wildman–Crippen LogP) is 4.79. The Bertz CT molecular complexity index is 682. The maximum atomic E-state index is 11.3. The first-order valence-electron chi connectivity index (χ1n) is 6.74. The molecule has 0 heterocycles. The van der Waals surface area contributed by atoms with Crippen LogP contribution in [0.2, 0.25) is 0 Å². The van der Waals surface area contributed by atoms with Gasteiger partial charge in [0.15, 0.2) is 0 Å². The zero-order valence-corrected chi connectivity index (χ0v) is 14.3. The summed E-state index contributed by atoms with van der Waals surface area (Å²) in [5, 5.41) is 0. The van der Waals surface area contributed by atoms with E-state index in [-0.39, 0.29) is 6.61 Å². The van der Waals surface area contributed by atoms with Crippen LogP contribution in [0.25, 0.3) is 0 Å². The number of hydrogen-bond donors (Lipinski definition) is 0. The maximum Gasteiger partial charge on any atom is 0.513 e. The van der Waals surface area contributed by atoms with E-state index in [0.29, 0.717) is 5.75 Å². The minimum atomic E-state index is -0.750. The Morgan fingerprint density at radius 2 is 1.77 bits per heavy atom. The smallest absolute Gasteiger partial charge is 0.488 e. The largest absolute Gasteiger partial charge is 0.513 e. The zero-order chi connectivity index (χ0) is 16.1. The number of methoxy groups -OCH3 is 1. The molecule has 0 radical (unpaired) electrons. The standard InChI is InChI=1S/C17H17BrO4/c1-11-8-14(18)16(9-12(11)2)21-10-13-6-4-5-7-15(13)22-17(19)20-3/h4-9H,10H2,1-3H3. The molecule has 4 nitrogen and oxygen atoms in total. The molecule has 0 unspecified atom stereocenters. The van der Waals surface area contributed by atoms with Crippen molar-refractivity contribution in [1.82, 2.24) is 0 Å². The summed E-state index contributed by atoms with van der Waals surface area (Å²) in [5.74, 6) is 1.17. The Hall–Kier alpha value is -2.01. The topological polar surface area (TPSA) is 44.8 Å². The SMILES string of the molecule is COC(=O)Oc1ccccc1COc1cc(C)c(C)cc1Br. The van der Waals surface area contributed by atoms with Gasteiger partial charge in [-0.2, -0.15) is 0 Å². The Morgan fingerprint density at radius 1 is 1.09 bits per heavy atom. The highest BCUT2D eigenvalue weighted by Gasteiger charge is 2.10. The van der Waals surface area contributed by atoms with Crippen molar-refractivity contribution in [3.05, 3.63) is 57.6 Å². The summed E-state index contributed by atoms with van der Waals surface area (Å²) in [5.41, 5.74) is 3.10. The molecular weight excluding hydrogens is 348 g/mol. The molecule has 0 bridgehead atoms. The summed E-state index contributed by atoms with van der Waals surface area (Å²) in [4.78, 5) is 11.3. The number of rotatable bonds is 4. The van der Waals surface area contributed by atoms with Crippen molar-refractivity contribution in [2.75, 3.05) is 7.11 Å². The van der Waals surface area contributed by atoms with Crippen LogP contribution in [0.4, 0.5) is 4.79 Å². The first-order chi connectivity index (χ1) is 10.5. The van der Waals surface area contributed by atoms with E-state index in [1.807, 2.05) is 38.1 Å². The van der Waals surface area contributed by atoms with E-state index in [0.717, 1.165) is 21.3 Å². The minimum absolute atomic E-state index is 0.286. The Balaban J connectivity index is 2.15. The van der Waals surface area contributed by atoms with Gasteiger partial charge in [-0.3, -0.25) is 0 Å². The number of carbonyl (C=O) groups excluding carboxylic acids is 1. The summed E-state index contributed by atoms with van der Waals surface area (Å²) >= 11 is 3.49. The van der Waals surface area contributed by atoms with Gasteiger partial charge in [-0.15, -0.1) is 0 Å². The second-order valence-electron chi connectivity index (χ2n) is 4.82. The molecule has 22 heavy (non-hydrogen) atoms. The number of halogens is 1. The quantitative estimate of drug-likeness (QED) is 0.577. The average Bonchev–Trinajstić information content (AvgIpc) is 2.50. The first-order valence-corrected chi connectivity index (χ1v) is 7.54. The molecule has 116 valence electrons. The molecule has 2 rings (SSSR count). The molecule has 0 N–H and O–H groups in total. The molecule has 0 amide bonds. The third-order valence-corrected chi connectivity index (χ3v) is 3.88. The molecule has 0 aliphatic carbocycles. The molecule has 0 aliphatic rings. The van der Waals surface area contributed by atoms with Crippen molar-refractivity contribution >= 4 is 22.1 Å². The molecule has 5 heteroatoms. The predicted molar refractivity (Wildman–Crippen MR) is 87.4 cm³/mol. The molecule has 2 aromatic rings. The first kappa shape index (κ1) is 16.4. The van der Waals surface area contributed by atoms with Crippen molar-refractivity contribution in [3.8, 4) is 11.5 Å². The summed E-state index contributed by atoms with van der Waals surface area (Å²) in [6, 6.07) is 11.2. The van der Waals surface area contributed by atoms with Crippen LogP contribution in [-0.4, -0.2) is 13.3 Å². The summed E-state index contributed by atoms with van der Waals surface area (Å²) in [7, 11) is 1.27. The fraction of sp³-hybridized carbons (Fsp3) is 0.235. The number of carbonyl (C=O) groups is 1. The van der Waals surface area contributed by atoms with Crippen LogP contribution < -0.4 is 9.47 Å². The summed E-state index contributed by atoms with van der Waals surface area (Å²) in [6.45, 7) is 4.36. The molecule has 0 atom stereocenters. The zero-order valence-electron chi connectivity index (χ0n) is 12.7. The molecule has 0 spiro atoms. The third kappa shape index (κ3) is 4.01. The van der Waals surface area contributed by atoms with Crippen molar-refractivity contribution in [1.29, 1.82) is 0 Å². The minimum Gasteiger partial charge on any atom is -0.488 e. The Labute approximate surface area is 138 Å². The van der Waals surface area contributed by atoms with E-state index in [1.165, 1.54) is 12.7 Å². The third-order valence-electron chi connectivity index (χ3n) is 3.26. The molecule has 2 aromatic carbocycles. The van der Waals surface area contributed by atoms with Gasteiger partial charge in [0, 0.05) is 5.56 Å². The fourth-order valence-corrected chi connectivity index (χ4v) is 2.45. The van der Waals surface area contributed by atoms with E-state index < -0.39 is 6.16 Å². The molecule has 0 fully saturated rings. The summed E-state index contributed by atoms with van der Waals surface area (Å²) < 4.78 is 16.3. The van der Waals surface area contributed by atoms with Gasteiger partial charge in [0.1, 0.15) is 18.1 Å². The number of benzene rings is 2. The summed E-state index contributed by atoms with van der Waals surface area (Å²) in [6.07, 6.45) is -0.750. The number of ether oxygens (including phenoxy) is 3. The molecule has 0 saturated carbocycles. The van der Waals surface area contributed by atoms with Gasteiger partial charge >= 0.3 is 6.16 Å². The van der Waals surface area contributed by atoms with Gasteiger partial charge < -0.3 is 14.2 Å². The van der Waals surface area contributed by atoms with Crippen molar-refractivity contribution < 1.29 is 19.0 Å². The van der Waals surface area contributed by atoms with Crippen LogP contribution in [0.3, 0.4) is 0 Å². The van der Waals surface area contributed by atoms with Crippen LogP contribution >= 0.6 is 15.9 Å².